The number of carbonyl (C=O) groups is 1. The van der Waals surface area contributed by atoms with E-state index in [1.54, 1.807) is 0 Å². The lowest BCUT2D eigenvalue weighted by molar-refractivity contribution is -0.145. The summed E-state index contributed by atoms with van der Waals surface area (Å²) in [5.74, 6) is -0.0718. The van der Waals surface area contributed by atoms with E-state index in [0.29, 0.717) is 0 Å². The number of rotatable bonds is 9. The lowest BCUT2D eigenvalue weighted by Crippen LogP contribution is -2.56. The molecular formula is C23H48O6Si2. The van der Waals surface area contributed by atoms with Crippen molar-refractivity contribution in [2.75, 3.05) is 13.7 Å². The molecule has 0 aliphatic carbocycles. The normalized spacial score (nSPS) is 25.4. The molecule has 1 saturated heterocycles. The van der Waals surface area contributed by atoms with Gasteiger partial charge in [0.25, 0.3) is 0 Å². The van der Waals surface area contributed by atoms with Gasteiger partial charge in [-0.25, -0.2) is 0 Å². The minimum Gasteiger partial charge on any atom is -0.469 e. The van der Waals surface area contributed by atoms with Crippen molar-refractivity contribution in [3.05, 3.63) is 0 Å². The fourth-order valence-corrected chi connectivity index (χ4v) is 5.97. The number of methoxy groups -OCH3 is 1. The lowest BCUT2D eigenvalue weighted by atomic mass is 9.96. The number of aliphatic hydroxyl groups excluding tert-OH is 1. The van der Waals surface area contributed by atoms with Crippen molar-refractivity contribution >= 4 is 22.6 Å². The number of hydrogen-bond acceptors (Lipinski definition) is 6. The third kappa shape index (κ3) is 7.37. The molecule has 1 heterocycles. The van der Waals surface area contributed by atoms with Gasteiger partial charge in [0, 0.05) is 0 Å². The van der Waals surface area contributed by atoms with Crippen LogP contribution >= 0.6 is 0 Å². The zero-order valence-corrected chi connectivity index (χ0v) is 24.0. The number of carbonyl (C=O) groups excluding carboxylic acids is 1. The van der Waals surface area contributed by atoms with Crippen molar-refractivity contribution in [2.24, 2.45) is 5.92 Å². The second kappa shape index (κ2) is 10.3. The maximum atomic E-state index is 11.9. The number of ether oxygens (including phenoxy) is 2. The third-order valence-electron chi connectivity index (χ3n) is 7.59. The molecule has 1 aliphatic rings. The highest BCUT2D eigenvalue weighted by Gasteiger charge is 2.49. The van der Waals surface area contributed by atoms with Gasteiger partial charge >= 0.3 is 5.97 Å². The van der Waals surface area contributed by atoms with Crippen LogP contribution in [0.2, 0.25) is 36.3 Å². The van der Waals surface area contributed by atoms with Crippen molar-refractivity contribution < 1.29 is 28.2 Å². The van der Waals surface area contributed by atoms with Crippen LogP contribution in [0.15, 0.2) is 0 Å². The Morgan fingerprint density at radius 2 is 1.52 bits per heavy atom. The van der Waals surface area contributed by atoms with Crippen LogP contribution in [-0.4, -0.2) is 65.8 Å². The Kier molecular flexibility index (Phi) is 9.60. The standard InChI is InChI=1S/C23H48O6Si2/c1-16-13-18(27-17(16)14-20(25)26-8)21(29-31(11,12)23(5,6)7)19(15-24)28-30(9,10)22(2,3)4/h16-19,21,24H,13-15H2,1-12H3/t16-,17+,18-,19-,21+/m1/s1. The SMILES string of the molecule is COC(=O)C[C@@H]1O[C@@H]([C@H](O[Si](C)(C)C(C)(C)C)[C@@H](CO)O[Si](C)(C)C(C)(C)C)C[C@H]1C. The largest absolute Gasteiger partial charge is 0.469 e. The zero-order chi connectivity index (χ0) is 24.4. The molecule has 0 aromatic carbocycles. The molecule has 8 heteroatoms. The molecule has 0 unspecified atom stereocenters. The average Bonchev–Trinajstić information content (AvgIpc) is 2.96. The van der Waals surface area contributed by atoms with Crippen LogP contribution in [0.4, 0.5) is 0 Å². The maximum Gasteiger partial charge on any atom is 0.308 e. The summed E-state index contributed by atoms with van der Waals surface area (Å²) in [7, 11) is -2.91. The smallest absolute Gasteiger partial charge is 0.308 e. The lowest BCUT2D eigenvalue weighted by Gasteiger charge is -2.46. The molecule has 6 nitrogen and oxygen atoms in total. The molecule has 0 bridgehead atoms. The summed E-state index contributed by atoms with van der Waals surface area (Å²) in [4.78, 5) is 11.9. The molecule has 184 valence electrons. The molecule has 5 atom stereocenters. The first-order chi connectivity index (χ1) is 13.9. The molecule has 0 aromatic rings. The van der Waals surface area contributed by atoms with E-state index in [4.69, 9.17) is 18.3 Å². The van der Waals surface area contributed by atoms with Gasteiger partial charge in [0.2, 0.25) is 0 Å². The molecule has 0 amide bonds. The van der Waals surface area contributed by atoms with Crippen LogP contribution in [0.5, 0.6) is 0 Å². The summed E-state index contributed by atoms with van der Waals surface area (Å²) in [6.07, 6.45) is -0.309. The van der Waals surface area contributed by atoms with Gasteiger partial charge in [0.05, 0.1) is 44.6 Å². The summed E-state index contributed by atoms with van der Waals surface area (Å²) in [5, 5.41) is 10.4. The van der Waals surface area contributed by atoms with Crippen LogP contribution in [-0.2, 0) is 23.1 Å². The van der Waals surface area contributed by atoms with Crippen molar-refractivity contribution in [3.8, 4) is 0 Å². The highest BCUT2D eigenvalue weighted by atomic mass is 28.4. The Morgan fingerprint density at radius 3 is 1.94 bits per heavy atom. The van der Waals surface area contributed by atoms with Crippen molar-refractivity contribution in [1.29, 1.82) is 0 Å². The van der Waals surface area contributed by atoms with Gasteiger partial charge in [-0.05, 0) is 48.6 Å². The van der Waals surface area contributed by atoms with E-state index >= 15 is 0 Å². The second-order valence-corrected chi connectivity index (χ2v) is 21.7. The molecular weight excluding hydrogens is 428 g/mol. The molecule has 0 spiro atoms. The van der Waals surface area contributed by atoms with E-state index in [1.807, 2.05) is 0 Å². The first kappa shape index (κ1) is 28.8. The van der Waals surface area contributed by atoms with E-state index < -0.39 is 22.7 Å². The van der Waals surface area contributed by atoms with Gasteiger partial charge in [-0.15, -0.1) is 0 Å². The third-order valence-corrected chi connectivity index (χ3v) is 16.6. The van der Waals surface area contributed by atoms with E-state index in [2.05, 4.69) is 74.7 Å². The number of hydrogen-bond donors (Lipinski definition) is 1. The van der Waals surface area contributed by atoms with Crippen molar-refractivity contribution in [1.82, 2.24) is 0 Å². The average molecular weight is 477 g/mol. The molecule has 0 saturated carbocycles. The Morgan fingerprint density at radius 1 is 1.03 bits per heavy atom. The van der Waals surface area contributed by atoms with Gasteiger partial charge < -0.3 is 23.4 Å². The fourth-order valence-electron chi connectivity index (χ4n) is 3.31. The van der Waals surface area contributed by atoms with Crippen molar-refractivity contribution in [2.45, 2.75) is 122 Å². The van der Waals surface area contributed by atoms with Crippen LogP contribution in [0.1, 0.15) is 61.3 Å². The quantitative estimate of drug-likeness (QED) is 0.368. The number of esters is 1. The van der Waals surface area contributed by atoms with E-state index in [-0.39, 0.29) is 53.3 Å². The van der Waals surface area contributed by atoms with Gasteiger partial charge in [0.1, 0.15) is 0 Å². The first-order valence-electron chi connectivity index (χ1n) is 11.5. The van der Waals surface area contributed by atoms with Gasteiger partial charge in [0.15, 0.2) is 16.6 Å². The van der Waals surface area contributed by atoms with Gasteiger partial charge in [-0.1, -0.05) is 48.5 Å². The van der Waals surface area contributed by atoms with Crippen LogP contribution in [0.3, 0.4) is 0 Å². The monoisotopic (exact) mass is 476 g/mol. The van der Waals surface area contributed by atoms with E-state index in [9.17, 15) is 9.90 Å². The number of aliphatic hydroxyl groups is 1. The van der Waals surface area contributed by atoms with E-state index in [1.165, 1.54) is 7.11 Å². The molecule has 1 aliphatic heterocycles. The summed E-state index contributed by atoms with van der Waals surface area (Å²) >= 11 is 0. The summed E-state index contributed by atoms with van der Waals surface area (Å²) in [6.45, 7) is 24.0. The molecule has 1 N–H and O–H groups in total. The Hall–Kier alpha value is -0.256. The molecule has 0 aromatic heterocycles. The molecule has 31 heavy (non-hydrogen) atoms. The first-order valence-corrected chi connectivity index (χ1v) is 17.4. The maximum absolute atomic E-state index is 11.9. The highest BCUT2D eigenvalue weighted by molar-refractivity contribution is 6.74. The van der Waals surface area contributed by atoms with Gasteiger partial charge in [-0.3, -0.25) is 4.79 Å². The Bertz CT molecular complexity index is 594. The summed E-state index contributed by atoms with van der Waals surface area (Å²) in [5.41, 5.74) is 0. The zero-order valence-electron chi connectivity index (χ0n) is 22.0. The Balaban J connectivity index is 3.24. The summed E-state index contributed by atoms with van der Waals surface area (Å²) in [6, 6.07) is 0. The predicted molar refractivity (Wildman–Crippen MR) is 130 cm³/mol. The van der Waals surface area contributed by atoms with Crippen LogP contribution in [0, 0.1) is 5.92 Å². The minimum absolute atomic E-state index is 0.0118. The molecule has 1 fully saturated rings. The van der Waals surface area contributed by atoms with Crippen molar-refractivity contribution in [3.63, 3.8) is 0 Å². The highest BCUT2D eigenvalue weighted by Crippen LogP contribution is 2.43. The minimum atomic E-state index is -2.17. The van der Waals surface area contributed by atoms with E-state index in [0.717, 1.165) is 6.42 Å². The molecule has 1 rings (SSSR count). The second-order valence-electron chi connectivity index (χ2n) is 12.1. The topological polar surface area (TPSA) is 74.2 Å². The molecule has 0 radical (unpaired) electrons. The Labute approximate surface area is 192 Å². The van der Waals surface area contributed by atoms with Crippen LogP contribution < -0.4 is 0 Å². The predicted octanol–water partition coefficient (Wildman–Crippen LogP) is 5.12. The fraction of sp³-hybridized carbons (Fsp3) is 0.957. The van der Waals surface area contributed by atoms with Crippen LogP contribution in [0.25, 0.3) is 0 Å². The van der Waals surface area contributed by atoms with Gasteiger partial charge in [-0.2, -0.15) is 0 Å². The summed E-state index contributed by atoms with van der Waals surface area (Å²) < 4.78 is 24.8.